The van der Waals surface area contributed by atoms with Gasteiger partial charge in [-0.1, -0.05) is 6.07 Å². The first-order chi connectivity index (χ1) is 22.8. The largest absolute Gasteiger partial charge is 0.492 e. The van der Waals surface area contributed by atoms with E-state index in [0.717, 1.165) is 31.9 Å². The van der Waals surface area contributed by atoms with Crippen LogP contribution in [0.5, 0.6) is 5.75 Å². The number of ether oxygens (including phenoxy) is 2. The van der Waals surface area contributed by atoms with Crippen molar-refractivity contribution in [1.29, 1.82) is 0 Å². The zero-order valence-corrected chi connectivity index (χ0v) is 25.6. The van der Waals surface area contributed by atoms with Crippen LogP contribution >= 0.6 is 0 Å². The van der Waals surface area contributed by atoms with E-state index in [9.17, 15) is 23.5 Å². The molecule has 7 rings (SSSR count). The van der Waals surface area contributed by atoms with Crippen molar-refractivity contribution < 1.29 is 23.4 Å². The smallest absolute Gasteiger partial charge is 0.337 e. The Balaban J connectivity index is 1.11. The van der Waals surface area contributed by atoms with Crippen molar-refractivity contribution in [3.8, 4) is 11.4 Å². The molecule has 5 aromatic rings. The summed E-state index contributed by atoms with van der Waals surface area (Å²) in [5.41, 5.74) is 0.207. The maximum absolute atomic E-state index is 14.4. The molecule has 0 bridgehead atoms. The Bertz CT molecular complexity index is 2010. The molecule has 2 fully saturated rings. The predicted molar refractivity (Wildman–Crippen MR) is 169 cm³/mol. The topological polar surface area (TPSA) is 128 Å². The lowest BCUT2D eigenvalue weighted by molar-refractivity contribution is 0.0322. The lowest BCUT2D eigenvalue weighted by Gasteiger charge is -2.31. The van der Waals surface area contributed by atoms with Crippen molar-refractivity contribution in [3.63, 3.8) is 0 Å². The van der Waals surface area contributed by atoms with E-state index in [4.69, 9.17) is 9.47 Å². The second kappa shape index (κ2) is 13.3. The molecular formula is C33H35F2N7O5. The standard InChI is InChI=1S/C33H35F2N7O5/c34-21-4-9-29-38-28(20-40(29)19-21)31(43)37-23-5-7-24(8-6-23)42-32(44)27-16-22(35)18-36-30(27)41(33(42)45)25-2-1-3-26(17-25)47-15-12-39-10-13-46-14-11-39/h1-4,9,16-20,23-24,31,37,43H,5-8,10-15H2. The Kier molecular flexibility index (Phi) is 8.82. The monoisotopic (exact) mass is 647 g/mol. The van der Waals surface area contributed by atoms with Crippen LogP contribution in [0.15, 0.2) is 70.6 Å². The van der Waals surface area contributed by atoms with Gasteiger partial charge in [0.2, 0.25) is 0 Å². The van der Waals surface area contributed by atoms with Gasteiger partial charge < -0.3 is 19.0 Å². The van der Waals surface area contributed by atoms with Crippen molar-refractivity contribution in [3.05, 3.63) is 99.2 Å². The number of hydrogen-bond acceptors (Lipinski definition) is 9. The van der Waals surface area contributed by atoms with Crippen LogP contribution in [-0.4, -0.2) is 79.0 Å². The first-order valence-electron chi connectivity index (χ1n) is 15.8. The summed E-state index contributed by atoms with van der Waals surface area (Å²) < 4.78 is 43.5. The van der Waals surface area contributed by atoms with Crippen LogP contribution in [0.25, 0.3) is 22.4 Å². The van der Waals surface area contributed by atoms with Gasteiger partial charge in [-0.3, -0.25) is 19.6 Å². The molecule has 1 aliphatic heterocycles. The zero-order chi connectivity index (χ0) is 32.5. The molecule has 2 aliphatic rings. The molecule has 0 spiro atoms. The SMILES string of the molecule is O=c1c2cc(F)cnc2n(-c2cccc(OCCN3CCOCC3)c2)c(=O)n1C1CCC(NC(O)c2cn3cc(F)ccc3n2)CC1. The minimum absolute atomic E-state index is 0.00203. The van der Waals surface area contributed by atoms with E-state index in [1.807, 2.05) is 0 Å². The molecule has 1 saturated heterocycles. The summed E-state index contributed by atoms with van der Waals surface area (Å²) in [6.45, 7) is 4.26. The fourth-order valence-corrected chi connectivity index (χ4v) is 6.49. The number of morpholine rings is 1. The number of pyridine rings is 2. The van der Waals surface area contributed by atoms with Crippen molar-refractivity contribution >= 4 is 16.7 Å². The van der Waals surface area contributed by atoms with E-state index in [1.54, 1.807) is 30.5 Å². The fourth-order valence-electron chi connectivity index (χ4n) is 6.49. The Morgan fingerprint density at radius 3 is 2.64 bits per heavy atom. The van der Waals surface area contributed by atoms with Crippen molar-refractivity contribution in [2.45, 2.75) is 44.0 Å². The molecule has 1 saturated carbocycles. The van der Waals surface area contributed by atoms with Crippen LogP contribution < -0.4 is 21.3 Å². The Hall–Kier alpha value is -4.50. The fraction of sp³-hybridized carbons (Fsp3) is 0.394. The maximum atomic E-state index is 14.4. The van der Waals surface area contributed by atoms with E-state index in [-0.39, 0.29) is 17.1 Å². The molecule has 14 heteroatoms. The number of aliphatic hydroxyl groups excluding tert-OH is 1. The van der Waals surface area contributed by atoms with Gasteiger partial charge >= 0.3 is 5.69 Å². The molecule has 0 amide bonds. The number of hydrogen-bond donors (Lipinski definition) is 2. The molecule has 2 N–H and O–H groups in total. The summed E-state index contributed by atoms with van der Waals surface area (Å²) in [5, 5.41) is 14.0. The van der Waals surface area contributed by atoms with Crippen LogP contribution in [0, 0.1) is 11.6 Å². The predicted octanol–water partition coefficient (Wildman–Crippen LogP) is 2.95. The van der Waals surface area contributed by atoms with Gasteiger partial charge in [0.1, 0.15) is 41.6 Å². The van der Waals surface area contributed by atoms with Crippen molar-refractivity contribution in [2.24, 2.45) is 0 Å². The van der Waals surface area contributed by atoms with Crippen molar-refractivity contribution in [1.82, 2.24) is 33.7 Å². The Morgan fingerprint density at radius 2 is 1.83 bits per heavy atom. The Morgan fingerprint density at radius 1 is 1.02 bits per heavy atom. The van der Waals surface area contributed by atoms with Gasteiger partial charge in [0.25, 0.3) is 5.56 Å². The highest BCUT2D eigenvalue weighted by Gasteiger charge is 2.29. The number of imidazole rings is 1. The number of benzene rings is 1. The molecule has 47 heavy (non-hydrogen) atoms. The summed E-state index contributed by atoms with van der Waals surface area (Å²) >= 11 is 0. The van der Waals surface area contributed by atoms with Crippen molar-refractivity contribution in [2.75, 3.05) is 39.5 Å². The third kappa shape index (κ3) is 6.54. The van der Waals surface area contributed by atoms with E-state index in [2.05, 4.69) is 20.2 Å². The molecule has 5 heterocycles. The quantitative estimate of drug-likeness (QED) is 0.232. The highest BCUT2D eigenvalue weighted by atomic mass is 19.1. The average Bonchev–Trinajstić information content (AvgIpc) is 3.50. The molecule has 4 aromatic heterocycles. The van der Waals surface area contributed by atoms with E-state index < -0.39 is 35.2 Å². The van der Waals surface area contributed by atoms with Gasteiger partial charge in [0.15, 0.2) is 5.65 Å². The number of nitrogens with one attached hydrogen (secondary N) is 1. The molecule has 12 nitrogen and oxygen atoms in total. The van der Waals surface area contributed by atoms with Crippen LogP contribution in [0.2, 0.25) is 0 Å². The van der Waals surface area contributed by atoms with E-state index in [0.29, 0.717) is 68.3 Å². The normalized spacial score (nSPS) is 19.7. The summed E-state index contributed by atoms with van der Waals surface area (Å²) in [6, 6.07) is 10.4. The van der Waals surface area contributed by atoms with Gasteiger partial charge in [-0.15, -0.1) is 0 Å². The van der Waals surface area contributed by atoms with Crippen LogP contribution in [0.1, 0.15) is 43.6 Å². The number of aromatic nitrogens is 5. The summed E-state index contributed by atoms with van der Waals surface area (Å²) in [4.78, 5) is 38.6. The number of aliphatic hydroxyl groups is 1. The highest BCUT2D eigenvalue weighted by molar-refractivity contribution is 5.75. The zero-order valence-electron chi connectivity index (χ0n) is 25.6. The number of fused-ring (bicyclic) bond motifs is 2. The molecule has 1 unspecified atom stereocenters. The lowest BCUT2D eigenvalue weighted by atomic mass is 9.90. The minimum atomic E-state index is -1.09. The third-order valence-corrected chi connectivity index (χ3v) is 8.92. The van der Waals surface area contributed by atoms with Gasteiger partial charge in [-0.2, -0.15) is 0 Å². The van der Waals surface area contributed by atoms with E-state index >= 15 is 0 Å². The third-order valence-electron chi connectivity index (χ3n) is 8.92. The van der Waals surface area contributed by atoms with Crippen LogP contribution in [0.3, 0.4) is 0 Å². The molecule has 0 radical (unpaired) electrons. The highest BCUT2D eigenvalue weighted by Crippen LogP contribution is 2.29. The summed E-state index contributed by atoms with van der Waals surface area (Å²) in [5.74, 6) is -0.538. The number of halogens is 2. The Labute approximate surface area is 267 Å². The average molecular weight is 648 g/mol. The minimum Gasteiger partial charge on any atom is -0.492 e. The number of rotatable bonds is 9. The second-order valence-corrected chi connectivity index (χ2v) is 12.0. The van der Waals surface area contributed by atoms with Crippen LogP contribution in [0.4, 0.5) is 8.78 Å². The molecule has 1 aliphatic carbocycles. The molecule has 1 aromatic carbocycles. The summed E-state index contributed by atoms with van der Waals surface area (Å²) in [7, 11) is 0. The van der Waals surface area contributed by atoms with Gasteiger partial charge in [0.05, 0.1) is 30.5 Å². The van der Waals surface area contributed by atoms with Gasteiger partial charge in [0, 0.05) is 50.2 Å². The maximum Gasteiger partial charge on any atom is 0.337 e. The molecule has 246 valence electrons. The van der Waals surface area contributed by atoms with Crippen LogP contribution in [-0.2, 0) is 4.74 Å². The van der Waals surface area contributed by atoms with Gasteiger partial charge in [-0.05, 0) is 56.0 Å². The second-order valence-electron chi connectivity index (χ2n) is 12.0. The number of nitrogens with zero attached hydrogens (tertiary/aromatic N) is 6. The van der Waals surface area contributed by atoms with E-state index in [1.165, 1.54) is 31.9 Å². The summed E-state index contributed by atoms with van der Waals surface area (Å²) in [6.07, 6.45) is 4.81. The molecule has 1 atom stereocenters. The first-order valence-corrected chi connectivity index (χ1v) is 15.8. The van der Waals surface area contributed by atoms with Gasteiger partial charge in [-0.25, -0.2) is 28.1 Å². The molecular weight excluding hydrogens is 612 g/mol. The first kappa shape index (κ1) is 31.1. The lowest BCUT2D eigenvalue weighted by Crippen LogP contribution is -2.45.